The molecule has 0 radical (unpaired) electrons. The van der Waals surface area contributed by atoms with Crippen molar-refractivity contribution in [1.29, 1.82) is 0 Å². The second-order valence-corrected chi connectivity index (χ2v) is 7.74. The fraction of sp³-hybridized carbons (Fsp3) is 0.0909. The van der Waals surface area contributed by atoms with Crippen LogP contribution in [0.1, 0.15) is 26.4 Å². The lowest BCUT2D eigenvalue weighted by Gasteiger charge is -2.07. The first kappa shape index (κ1) is 20.7. The Balaban J connectivity index is 1.41. The number of carbonyl (C=O) groups excluding carboxylic acids is 1. The second kappa shape index (κ2) is 8.65. The molecule has 9 heteroatoms. The maximum Gasteiger partial charge on any atom is 0.416 e. The molecule has 2 aromatic carbocycles. The van der Waals surface area contributed by atoms with Crippen molar-refractivity contribution in [1.82, 2.24) is 15.0 Å². The van der Waals surface area contributed by atoms with Crippen LogP contribution in [-0.4, -0.2) is 20.9 Å². The summed E-state index contributed by atoms with van der Waals surface area (Å²) >= 11 is 1.20. The zero-order chi connectivity index (χ0) is 21.8. The van der Waals surface area contributed by atoms with Gasteiger partial charge in [0.1, 0.15) is 0 Å². The van der Waals surface area contributed by atoms with E-state index in [1.165, 1.54) is 36.0 Å². The fourth-order valence-electron chi connectivity index (χ4n) is 2.86. The Labute approximate surface area is 179 Å². The first-order valence-corrected chi connectivity index (χ1v) is 10.00. The van der Waals surface area contributed by atoms with Crippen molar-refractivity contribution in [3.05, 3.63) is 94.8 Å². The second-order valence-electron chi connectivity index (χ2n) is 6.62. The van der Waals surface area contributed by atoms with Crippen LogP contribution >= 0.6 is 11.3 Å². The van der Waals surface area contributed by atoms with Crippen LogP contribution in [0.15, 0.2) is 73.2 Å². The molecule has 2 aromatic heterocycles. The van der Waals surface area contributed by atoms with Gasteiger partial charge in [0.25, 0.3) is 5.91 Å². The summed E-state index contributed by atoms with van der Waals surface area (Å²) in [5, 5.41) is 3.01. The average Bonchev–Trinajstić information content (AvgIpc) is 3.20. The van der Waals surface area contributed by atoms with Crippen molar-refractivity contribution < 1.29 is 18.0 Å². The van der Waals surface area contributed by atoms with Gasteiger partial charge >= 0.3 is 6.18 Å². The number of hydrogen-bond donors (Lipinski definition) is 1. The number of rotatable bonds is 5. The molecule has 0 saturated carbocycles. The summed E-state index contributed by atoms with van der Waals surface area (Å²) in [6.45, 7) is 0. The summed E-state index contributed by atoms with van der Waals surface area (Å²) in [6, 6.07) is 14.5. The molecular weight excluding hydrogens is 425 g/mol. The van der Waals surface area contributed by atoms with Gasteiger partial charge in [-0.05, 0) is 11.6 Å². The van der Waals surface area contributed by atoms with E-state index in [9.17, 15) is 18.0 Å². The van der Waals surface area contributed by atoms with Crippen LogP contribution < -0.4 is 5.32 Å². The van der Waals surface area contributed by atoms with E-state index in [1.807, 2.05) is 30.3 Å². The number of amides is 1. The summed E-state index contributed by atoms with van der Waals surface area (Å²) in [4.78, 5) is 25.7. The van der Waals surface area contributed by atoms with E-state index in [-0.39, 0.29) is 12.0 Å². The fourth-order valence-corrected chi connectivity index (χ4v) is 3.70. The minimum absolute atomic E-state index is 0.273. The number of nitrogens with zero attached hydrogens (tertiary/aromatic N) is 3. The standard InChI is InChI=1S/C22H15F3N4OS/c23-22(24,25)17-8-4-5-14(9-17)10-18-13-28-21(31-18)29-20(30)16-11-26-19(27-12-16)15-6-2-1-3-7-15/h1-9,11-13H,10H2,(H,28,29,30). The Morgan fingerprint density at radius 3 is 2.39 bits per heavy atom. The Kier molecular flexibility index (Phi) is 5.77. The summed E-state index contributed by atoms with van der Waals surface area (Å²) in [5.41, 5.74) is 0.936. The Hall–Kier alpha value is -3.59. The van der Waals surface area contributed by atoms with E-state index < -0.39 is 17.6 Å². The van der Waals surface area contributed by atoms with E-state index in [4.69, 9.17) is 0 Å². The molecule has 156 valence electrons. The predicted octanol–water partition coefficient (Wildman–Crippen LogP) is 5.46. The highest BCUT2D eigenvalue weighted by atomic mass is 32.1. The zero-order valence-corrected chi connectivity index (χ0v) is 16.7. The van der Waals surface area contributed by atoms with E-state index in [1.54, 1.807) is 6.07 Å². The lowest BCUT2D eigenvalue weighted by molar-refractivity contribution is -0.137. The number of carbonyl (C=O) groups is 1. The van der Waals surface area contributed by atoms with E-state index in [2.05, 4.69) is 20.3 Å². The Morgan fingerprint density at radius 2 is 1.68 bits per heavy atom. The first-order chi connectivity index (χ1) is 14.9. The monoisotopic (exact) mass is 440 g/mol. The van der Waals surface area contributed by atoms with Crippen LogP contribution in [0.5, 0.6) is 0 Å². The van der Waals surface area contributed by atoms with Crippen molar-refractivity contribution in [2.24, 2.45) is 0 Å². The number of aromatic nitrogens is 3. The Morgan fingerprint density at radius 1 is 0.935 bits per heavy atom. The van der Waals surface area contributed by atoms with Gasteiger partial charge in [0, 0.05) is 35.5 Å². The molecule has 0 aliphatic carbocycles. The van der Waals surface area contributed by atoms with Crippen molar-refractivity contribution >= 4 is 22.4 Å². The van der Waals surface area contributed by atoms with Crippen molar-refractivity contribution in [2.45, 2.75) is 12.6 Å². The smallest absolute Gasteiger partial charge is 0.298 e. The van der Waals surface area contributed by atoms with Gasteiger partial charge in [0.15, 0.2) is 11.0 Å². The molecule has 5 nitrogen and oxygen atoms in total. The highest BCUT2D eigenvalue weighted by molar-refractivity contribution is 7.15. The zero-order valence-electron chi connectivity index (χ0n) is 15.9. The van der Waals surface area contributed by atoms with Crippen molar-refractivity contribution in [3.8, 4) is 11.4 Å². The van der Waals surface area contributed by atoms with Crippen LogP contribution in [0.3, 0.4) is 0 Å². The summed E-state index contributed by atoms with van der Waals surface area (Å²) in [7, 11) is 0. The molecule has 2 heterocycles. The SMILES string of the molecule is O=C(Nc1ncc(Cc2cccc(C(F)(F)F)c2)s1)c1cnc(-c2ccccc2)nc1. The number of nitrogens with one attached hydrogen (secondary N) is 1. The van der Waals surface area contributed by atoms with Gasteiger partial charge in [-0.3, -0.25) is 10.1 Å². The summed E-state index contributed by atoms with van der Waals surface area (Å²) in [6.07, 6.45) is 0.298. The quantitative estimate of drug-likeness (QED) is 0.447. The van der Waals surface area contributed by atoms with Crippen LogP contribution in [0.25, 0.3) is 11.4 Å². The maximum atomic E-state index is 12.9. The van der Waals surface area contributed by atoms with E-state index >= 15 is 0 Å². The van der Waals surface area contributed by atoms with Crippen molar-refractivity contribution in [3.63, 3.8) is 0 Å². The highest BCUT2D eigenvalue weighted by Gasteiger charge is 2.30. The average molecular weight is 440 g/mol. The lowest BCUT2D eigenvalue weighted by Crippen LogP contribution is -2.12. The number of benzene rings is 2. The van der Waals surface area contributed by atoms with E-state index in [0.717, 1.165) is 22.6 Å². The third-order valence-corrected chi connectivity index (χ3v) is 5.27. The molecule has 1 amide bonds. The Bertz CT molecular complexity index is 1190. The molecule has 4 rings (SSSR count). The van der Waals surface area contributed by atoms with E-state index in [0.29, 0.717) is 16.5 Å². The normalized spacial score (nSPS) is 11.3. The molecule has 0 unspecified atom stereocenters. The summed E-state index contributed by atoms with van der Waals surface area (Å²) < 4.78 is 38.6. The molecule has 0 fully saturated rings. The molecule has 1 N–H and O–H groups in total. The van der Waals surface area contributed by atoms with Crippen LogP contribution in [0.2, 0.25) is 0 Å². The molecule has 0 atom stereocenters. The van der Waals surface area contributed by atoms with Crippen LogP contribution in [-0.2, 0) is 12.6 Å². The largest absolute Gasteiger partial charge is 0.416 e. The molecule has 0 bridgehead atoms. The molecule has 4 aromatic rings. The van der Waals surface area contributed by atoms with Gasteiger partial charge in [-0.25, -0.2) is 15.0 Å². The number of thiazole rings is 1. The third kappa shape index (κ3) is 5.13. The number of hydrogen-bond acceptors (Lipinski definition) is 5. The number of halogens is 3. The van der Waals surface area contributed by atoms with Gasteiger partial charge in [-0.15, -0.1) is 11.3 Å². The number of alkyl halides is 3. The minimum atomic E-state index is -4.39. The molecular formula is C22H15F3N4OS. The molecule has 31 heavy (non-hydrogen) atoms. The van der Waals surface area contributed by atoms with Crippen molar-refractivity contribution in [2.75, 3.05) is 5.32 Å². The molecule has 0 spiro atoms. The number of anilines is 1. The summed E-state index contributed by atoms with van der Waals surface area (Å²) in [5.74, 6) is 0.0920. The first-order valence-electron chi connectivity index (χ1n) is 9.18. The third-order valence-electron chi connectivity index (χ3n) is 4.35. The molecule has 0 aliphatic heterocycles. The molecule has 0 saturated heterocycles. The van der Waals surface area contributed by atoms with Gasteiger partial charge in [0.05, 0.1) is 11.1 Å². The minimum Gasteiger partial charge on any atom is -0.298 e. The molecule has 0 aliphatic rings. The van der Waals surface area contributed by atoms with Gasteiger partial charge < -0.3 is 0 Å². The highest BCUT2D eigenvalue weighted by Crippen LogP contribution is 2.30. The van der Waals surface area contributed by atoms with Gasteiger partial charge in [-0.1, -0.05) is 48.5 Å². The van der Waals surface area contributed by atoms with Gasteiger partial charge in [0.2, 0.25) is 0 Å². The van der Waals surface area contributed by atoms with Crippen LogP contribution in [0, 0.1) is 0 Å². The topological polar surface area (TPSA) is 67.8 Å². The maximum absolute atomic E-state index is 12.9. The van der Waals surface area contributed by atoms with Gasteiger partial charge in [-0.2, -0.15) is 13.2 Å². The predicted molar refractivity (Wildman–Crippen MR) is 112 cm³/mol. The lowest BCUT2D eigenvalue weighted by atomic mass is 10.1. The van der Waals surface area contributed by atoms with Crippen LogP contribution in [0.4, 0.5) is 18.3 Å².